The van der Waals surface area contributed by atoms with Crippen molar-refractivity contribution >= 4 is 11.9 Å². The maximum atomic E-state index is 12.9. The number of ether oxygens (including phenoxy) is 3. The van der Waals surface area contributed by atoms with Crippen LogP contribution in [0.1, 0.15) is 355 Å². The molecule has 0 bridgehead atoms. The number of unbranched alkanes of at least 4 members (excludes halogenated alkanes) is 44. The van der Waals surface area contributed by atoms with Crippen molar-refractivity contribution in [3.63, 3.8) is 0 Å². The van der Waals surface area contributed by atoms with E-state index in [1.807, 2.05) is 0 Å². The minimum absolute atomic E-state index is 0.0879. The lowest BCUT2D eigenvalue weighted by Gasteiger charge is -2.18. The smallest absolute Gasteiger partial charge is 0.306 e. The van der Waals surface area contributed by atoms with Crippen LogP contribution in [-0.2, 0) is 23.8 Å². The Balaban J connectivity index is 4.24. The van der Waals surface area contributed by atoms with Gasteiger partial charge in [-0.15, -0.1) is 0 Å². The van der Waals surface area contributed by atoms with Gasteiger partial charge in [0.15, 0.2) is 6.10 Å². The SMILES string of the molecule is CCCCC/C=C\C/C=C\CCCCCCCCCCOCC(COC(=O)CCCCCCCCCCC/C=C\CCCCCCCC)OC(=O)CCCCCCCCCCCCCCCCCCCCC. The molecule has 5 nitrogen and oxygen atoms in total. The van der Waals surface area contributed by atoms with Gasteiger partial charge in [-0.3, -0.25) is 9.59 Å². The minimum Gasteiger partial charge on any atom is -0.462 e. The third-order valence-electron chi connectivity index (χ3n) is 14.6. The second-order valence-corrected chi connectivity index (χ2v) is 22.0. The van der Waals surface area contributed by atoms with E-state index in [1.165, 1.54) is 276 Å². The van der Waals surface area contributed by atoms with Crippen molar-refractivity contribution in [3.05, 3.63) is 36.5 Å². The molecule has 0 aromatic rings. The van der Waals surface area contributed by atoms with Gasteiger partial charge in [-0.2, -0.15) is 0 Å². The van der Waals surface area contributed by atoms with E-state index < -0.39 is 6.10 Å². The van der Waals surface area contributed by atoms with Crippen LogP contribution >= 0.6 is 0 Å². The molecule has 0 aromatic carbocycles. The van der Waals surface area contributed by atoms with Gasteiger partial charge in [-0.1, -0.05) is 301 Å². The molecule has 1 unspecified atom stereocenters. The Labute approximate surface area is 450 Å². The van der Waals surface area contributed by atoms with E-state index in [1.54, 1.807) is 0 Å². The van der Waals surface area contributed by atoms with E-state index in [0.29, 0.717) is 19.4 Å². The topological polar surface area (TPSA) is 61.8 Å². The third kappa shape index (κ3) is 60.7. The molecule has 0 rings (SSSR count). The van der Waals surface area contributed by atoms with Gasteiger partial charge in [0.1, 0.15) is 6.61 Å². The molecule has 0 spiro atoms. The highest BCUT2D eigenvalue weighted by Crippen LogP contribution is 2.17. The standard InChI is InChI=1S/C67H126O5/c1-4-7-10-13-16-19-22-25-28-31-34-36-39-42-45-48-51-54-57-60-66(68)71-64-65(63-70-62-59-56-53-50-47-44-41-38-33-30-27-24-21-18-15-12-9-6-3)72-67(69)61-58-55-52-49-46-43-40-37-35-32-29-26-23-20-17-14-11-8-5-2/h18,21,25,27-28,30,65H,4-17,19-20,22-24,26,29,31-64H2,1-3H3/b21-18-,28-25-,30-27-. The highest BCUT2D eigenvalue weighted by atomic mass is 16.6. The second kappa shape index (κ2) is 63.4. The average molecular weight is 1010 g/mol. The average Bonchev–Trinajstić information content (AvgIpc) is 3.38. The van der Waals surface area contributed by atoms with E-state index in [0.717, 1.165) is 44.9 Å². The first-order valence-corrected chi connectivity index (χ1v) is 32.5. The van der Waals surface area contributed by atoms with Gasteiger partial charge in [0.05, 0.1) is 6.61 Å². The lowest BCUT2D eigenvalue weighted by molar-refractivity contribution is -0.163. The first-order valence-electron chi connectivity index (χ1n) is 32.5. The fourth-order valence-electron chi connectivity index (χ4n) is 9.77. The van der Waals surface area contributed by atoms with E-state index in [9.17, 15) is 9.59 Å². The lowest BCUT2D eigenvalue weighted by atomic mass is 10.0. The quantitative estimate of drug-likeness (QED) is 0.0345. The summed E-state index contributed by atoms with van der Waals surface area (Å²) in [6, 6.07) is 0. The predicted molar refractivity (Wildman–Crippen MR) is 316 cm³/mol. The van der Waals surface area contributed by atoms with E-state index >= 15 is 0 Å². The van der Waals surface area contributed by atoms with E-state index in [4.69, 9.17) is 14.2 Å². The van der Waals surface area contributed by atoms with Crippen molar-refractivity contribution < 1.29 is 23.8 Å². The van der Waals surface area contributed by atoms with Gasteiger partial charge >= 0.3 is 11.9 Å². The number of rotatable bonds is 61. The molecule has 0 saturated carbocycles. The Kier molecular flexibility index (Phi) is 61.8. The molecule has 1 atom stereocenters. The van der Waals surface area contributed by atoms with E-state index in [2.05, 4.69) is 57.2 Å². The van der Waals surface area contributed by atoms with Crippen LogP contribution in [0.4, 0.5) is 0 Å². The summed E-state index contributed by atoms with van der Waals surface area (Å²) in [6.07, 6.45) is 79.0. The molecule has 424 valence electrons. The maximum absolute atomic E-state index is 12.9. The van der Waals surface area contributed by atoms with Gasteiger partial charge in [0.2, 0.25) is 0 Å². The third-order valence-corrected chi connectivity index (χ3v) is 14.6. The summed E-state index contributed by atoms with van der Waals surface area (Å²) in [6.45, 7) is 7.87. The fraction of sp³-hybridized carbons (Fsp3) is 0.881. The Bertz CT molecular complexity index is 1140. The summed E-state index contributed by atoms with van der Waals surface area (Å²) in [5, 5.41) is 0. The Morgan fingerprint density at radius 3 is 0.958 bits per heavy atom. The Morgan fingerprint density at radius 1 is 0.306 bits per heavy atom. The molecular weight excluding hydrogens is 885 g/mol. The number of allylic oxidation sites excluding steroid dienone is 6. The maximum Gasteiger partial charge on any atom is 0.306 e. The van der Waals surface area contributed by atoms with Crippen molar-refractivity contribution in [1.29, 1.82) is 0 Å². The fourth-order valence-corrected chi connectivity index (χ4v) is 9.77. The van der Waals surface area contributed by atoms with Crippen molar-refractivity contribution in [2.24, 2.45) is 0 Å². The molecule has 72 heavy (non-hydrogen) atoms. The van der Waals surface area contributed by atoms with Crippen LogP contribution in [0.25, 0.3) is 0 Å². The van der Waals surface area contributed by atoms with Gasteiger partial charge in [-0.05, 0) is 77.0 Å². The zero-order valence-corrected chi connectivity index (χ0v) is 49.0. The molecule has 0 aliphatic carbocycles. The first kappa shape index (κ1) is 70.1. The molecule has 0 fully saturated rings. The van der Waals surface area contributed by atoms with E-state index in [-0.39, 0.29) is 25.2 Å². The molecule has 0 N–H and O–H groups in total. The normalized spacial score (nSPS) is 12.3. The molecular formula is C67H126O5. The molecule has 0 radical (unpaired) electrons. The van der Waals surface area contributed by atoms with Gasteiger partial charge in [0.25, 0.3) is 0 Å². The first-order chi connectivity index (χ1) is 35.6. The van der Waals surface area contributed by atoms with Crippen molar-refractivity contribution in [2.45, 2.75) is 361 Å². The van der Waals surface area contributed by atoms with Crippen LogP contribution < -0.4 is 0 Å². The molecule has 0 saturated heterocycles. The molecule has 5 heteroatoms. The van der Waals surface area contributed by atoms with Crippen LogP contribution in [0, 0.1) is 0 Å². The number of esters is 2. The minimum atomic E-state index is -0.537. The van der Waals surface area contributed by atoms with Crippen LogP contribution in [-0.4, -0.2) is 37.9 Å². The molecule has 0 aromatic heterocycles. The Morgan fingerprint density at radius 2 is 0.583 bits per heavy atom. The molecule has 0 amide bonds. The predicted octanol–water partition coefficient (Wildman–Crippen LogP) is 22.5. The monoisotopic (exact) mass is 1010 g/mol. The summed E-state index contributed by atoms with van der Waals surface area (Å²) >= 11 is 0. The second-order valence-electron chi connectivity index (χ2n) is 22.0. The van der Waals surface area contributed by atoms with Crippen molar-refractivity contribution in [3.8, 4) is 0 Å². The molecule has 0 aliphatic rings. The van der Waals surface area contributed by atoms with Crippen molar-refractivity contribution in [1.82, 2.24) is 0 Å². The largest absolute Gasteiger partial charge is 0.462 e. The number of carbonyl (C=O) groups excluding carboxylic acids is 2. The highest BCUT2D eigenvalue weighted by molar-refractivity contribution is 5.70. The Hall–Kier alpha value is -1.88. The summed E-state index contributed by atoms with van der Waals surface area (Å²) in [4.78, 5) is 25.6. The van der Waals surface area contributed by atoms with Crippen LogP contribution in [0.5, 0.6) is 0 Å². The number of hydrogen-bond donors (Lipinski definition) is 0. The van der Waals surface area contributed by atoms with Crippen molar-refractivity contribution in [2.75, 3.05) is 19.8 Å². The summed E-state index contributed by atoms with van der Waals surface area (Å²) in [5.41, 5.74) is 0. The zero-order chi connectivity index (χ0) is 52.0. The van der Waals surface area contributed by atoms with Crippen LogP contribution in [0.3, 0.4) is 0 Å². The summed E-state index contributed by atoms with van der Waals surface area (Å²) < 4.78 is 17.6. The van der Waals surface area contributed by atoms with Gasteiger partial charge in [0, 0.05) is 19.4 Å². The van der Waals surface area contributed by atoms with Crippen LogP contribution in [0.15, 0.2) is 36.5 Å². The van der Waals surface area contributed by atoms with Gasteiger partial charge < -0.3 is 14.2 Å². The summed E-state index contributed by atoms with van der Waals surface area (Å²) in [7, 11) is 0. The lowest BCUT2D eigenvalue weighted by Crippen LogP contribution is -2.30. The number of carbonyl (C=O) groups is 2. The zero-order valence-electron chi connectivity index (χ0n) is 49.0. The number of hydrogen-bond acceptors (Lipinski definition) is 5. The highest BCUT2D eigenvalue weighted by Gasteiger charge is 2.18. The van der Waals surface area contributed by atoms with Gasteiger partial charge in [-0.25, -0.2) is 0 Å². The van der Waals surface area contributed by atoms with Crippen LogP contribution in [0.2, 0.25) is 0 Å². The molecule has 0 aliphatic heterocycles. The molecule has 0 heterocycles. The summed E-state index contributed by atoms with van der Waals surface area (Å²) in [5.74, 6) is -0.378.